The second kappa shape index (κ2) is 7.69. The standard InChI is InChI=1S/C17H15N9O4/c1-29-10-3-7(9(26(27)28)4-11(10)30-2)14-12-13(20)8(5-18)15(21)24-16(12)25-17(23-14)22-6-19/h3-4,14H,1-2H3,(H6,20,21,22,23,24,25). The number of ether oxygens (including phenoxy) is 2. The van der Waals surface area contributed by atoms with Crippen molar-refractivity contribution in [1.82, 2.24) is 10.3 Å². The molecule has 0 amide bonds. The minimum Gasteiger partial charge on any atom is -0.493 e. The van der Waals surface area contributed by atoms with Gasteiger partial charge in [-0.05, 0) is 6.07 Å². The highest BCUT2D eigenvalue weighted by atomic mass is 16.6. The van der Waals surface area contributed by atoms with Gasteiger partial charge in [-0.2, -0.15) is 10.5 Å². The quantitative estimate of drug-likeness (QED) is 0.242. The molecule has 2 aromatic rings. The van der Waals surface area contributed by atoms with Gasteiger partial charge in [-0.25, -0.2) is 9.98 Å². The number of nitrogens with two attached hydrogens (primary N) is 2. The average Bonchev–Trinajstić information content (AvgIpc) is 2.72. The summed E-state index contributed by atoms with van der Waals surface area (Å²) in [5.41, 5.74) is 11.8. The summed E-state index contributed by atoms with van der Waals surface area (Å²) >= 11 is 0. The topological polar surface area (TPSA) is 211 Å². The van der Waals surface area contributed by atoms with Crippen LogP contribution < -0.4 is 31.6 Å². The number of aromatic nitrogens is 1. The zero-order valence-corrected chi connectivity index (χ0v) is 15.8. The highest BCUT2D eigenvalue weighted by Crippen LogP contribution is 2.46. The normalized spacial score (nSPS) is 14.3. The molecule has 13 nitrogen and oxygen atoms in total. The first-order valence-electron chi connectivity index (χ1n) is 8.25. The molecule has 0 saturated carbocycles. The minimum absolute atomic E-state index is 0.0323. The first kappa shape index (κ1) is 20.0. The number of nitro benzene ring substituents is 1. The predicted molar refractivity (Wildman–Crippen MR) is 106 cm³/mol. The summed E-state index contributed by atoms with van der Waals surface area (Å²) in [4.78, 5) is 19.6. The highest BCUT2D eigenvalue weighted by Gasteiger charge is 2.34. The highest BCUT2D eigenvalue weighted by molar-refractivity contribution is 5.98. The number of nitrogens with one attached hydrogen (secondary N) is 2. The molecule has 3 rings (SSSR count). The van der Waals surface area contributed by atoms with Crippen LogP contribution in [0.25, 0.3) is 0 Å². The van der Waals surface area contributed by atoms with E-state index in [9.17, 15) is 15.4 Å². The molecule has 0 spiro atoms. The van der Waals surface area contributed by atoms with Gasteiger partial charge in [0.2, 0.25) is 5.96 Å². The Morgan fingerprint density at radius 3 is 2.50 bits per heavy atom. The number of benzene rings is 1. The van der Waals surface area contributed by atoms with Crippen molar-refractivity contribution in [2.24, 2.45) is 4.99 Å². The molecule has 0 bridgehead atoms. The van der Waals surface area contributed by atoms with E-state index in [1.807, 2.05) is 6.07 Å². The smallest absolute Gasteiger partial charge is 0.279 e. The van der Waals surface area contributed by atoms with Crippen molar-refractivity contribution in [2.75, 3.05) is 31.0 Å². The molecule has 1 aliphatic heterocycles. The van der Waals surface area contributed by atoms with Crippen LogP contribution in [-0.4, -0.2) is 30.1 Å². The van der Waals surface area contributed by atoms with E-state index in [0.29, 0.717) is 0 Å². The molecule has 0 aliphatic carbocycles. The number of nitro groups is 1. The van der Waals surface area contributed by atoms with E-state index >= 15 is 0 Å². The van der Waals surface area contributed by atoms with Gasteiger partial charge in [0.05, 0.1) is 36.5 Å². The molecule has 2 heterocycles. The van der Waals surface area contributed by atoms with Crippen LogP contribution in [0.5, 0.6) is 11.5 Å². The van der Waals surface area contributed by atoms with Crippen LogP contribution in [0.2, 0.25) is 0 Å². The Hall–Kier alpha value is -4.78. The maximum absolute atomic E-state index is 11.8. The zero-order chi connectivity index (χ0) is 22.0. The number of nitriles is 2. The minimum atomic E-state index is -1.10. The number of guanidine groups is 1. The van der Waals surface area contributed by atoms with Gasteiger partial charge in [-0.3, -0.25) is 15.4 Å². The van der Waals surface area contributed by atoms with Crippen LogP contribution in [0.1, 0.15) is 22.7 Å². The Bertz CT molecular complexity index is 1160. The third kappa shape index (κ3) is 3.16. The Morgan fingerprint density at radius 1 is 1.27 bits per heavy atom. The van der Waals surface area contributed by atoms with Gasteiger partial charge in [-0.15, -0.1) is 0 Å². The average molecular weight is 409 g/mol. The number of nitrogens with zero attached hydrogens (tertiary/aromatic N) is 5. The molecule has 0 radical (unpaired) electrons. The van der Waals surface area contributed by atoms with Crippen LogP contribution in [-0.2, 0) is 0 Å². The van der Waals surface area contributed by atoms with E-state index in [4.69, 9.17) is 26.2 Å². The summed E-state index contributed by atoms with van der Waals surface area (Å²) in [6.07, 6.45) is 1.71. The van der Waals surface area contributed by atoms with Gasteiger partial charge in [0.1, 0.15) is 29.3 Å². The van der Waals surface area contributed by atoms with Crippen molar-refractivity contribution in [1.29, 1.82) is 10.5 Å². The molecule has 1 aliphatic rings. The number of nitrogen functional groups attached to an aromatic ring is 2. The van der Waals surface area contributed by atoms with E-state index in [-0.39, 0.29) is 57.2 Å². The molecule has 1 atom stereocenters. The van der Waals surface area contributed by atoms with Crippen LogP contribution in [0, 0.1) is 32.9 Å². The van der Waals surface area contributed by atoms with Crippen molar-refractivity contribution in [2.45, 2.75) is 6.04 Å². The lowest BCUT2D eigenvalue weighted by atomic mass is 9.93. The second-order valence-electron chi connectivity index (χ2n) is 5.92. The monoisotopic (exact) mass is 409 g/mol. The number of hydrogen-bond donors (Lipinski definition) is 4. The number of pyridine rings is 1. The second-order valence-corrected chi connectivity index (χ2v) is 5.92. The molecule has 6 N–H and O–H groups in total. The van der Waals surface area contributed by atoms with Gasteiger partial charge in [0.25, 0.3) is 5.69 Å². The third-order valence-electron chi connectivity index (χ3n) is 4.38. The van der Waals surface area contributed by atoms with Crippen molar-refractivity contribution in [3.63, 3.8) is 0 Å². The Labute approximate surface area is 169 Å². The fraction of sp³-hybridized carbons (Fsp3) is 0.176. The van der Waals surface area contributed by atoms with Gasteiger partial charge in [0, 0.05) is 5.56 Å². The van der Waals surface area contributed by atoms with E-state index < -0.39 is 11.0 Å². The Morgan fingerprint density at radius 2 is 1.93 bits per heavy atom. The lowest BCUT2D eigenvalue weighted by Crippen LogP contribution is -2.33. The van der Waals surface area contributed by atoms with E-state index in [1.54, 1.807) is 6.19 Å². The molecule has 0 saturated heterocycles. The molecule has 13 heteroatoms. The zero-order valence-electron chi connectivity index (χ0n) is 15.8. The van der Waals surface area contributed by atoms with Gasteiger partial charge < -0.3 is 26.3 Å². The van der Waals surface area contributed by atoms with E-state index in [0.717, 1.165) is 0 Å². The molecule has 30 heavy (non-hydrogen) atoms. The fourth-order valence-corrected chi connectivity index (χ4v) is 3.07. The summed E-state index contributed by atoms with van der Waals surface area (Å²) in [5, 5.41) is 35.2. The van der Waals surface area contributed by atoms with Crippen LogP contribution in [0.15, 0.2) is 17.1 Å². The molecule has 1 aromatic heterocycles. The Balaban J connectivity index is 2.37. The summed E-state index contributed by atoms with van der Waals surface area (Å²) in [5.74, 6) is 0.286. The lowest BCUT2D eigenvalue weighted by molar-refractivity contribution is -0.385. The number of methoxy groups -OCH3 is 2. The SMILES string of the molecule is COc1cc(C2N=C(NC#N)Nc3nc(N)c(C#N)c(N)c32)c([N+](=O)[O-])cc1OC. The molecular formula is C17H15N9O4. The third-order valence-corrected chi connectivity index (χ3v) is 4.38. The largest absolute Gasteiger partial charge is 0.493 e. The number of anilines is 3. The maximum Gasteiger partial charge on any atom is 0.279 e. The number of rotatable bonds is 4. The van der Waals surface area contributed by atoms with Crippen LogP contribution in [0.3, 0.4) is 0 Å². The van der Waals surface area contributed by atoms with Crippen molar-refractivity contribution >= 4 is 29.0 Å². The summed E-state index contributed by atoms with van der Waals surface area (Å²) in [7, 11) is 2.72. The summed E-state index contributed by atoms with van der Waals surface area (Å²) in [6, 6.07) is 3.34. The van der Waals surface area contributed by atoms with Crippen molar-refractivity contribution in [3.05, 3.63) is 38.9 Å². The van der Waals surface area contributed by atoms with Gasteiger partial charge in [0.15, 0.2) is 17.7 Å². The molecule has 0 fully saturated rings. The number of hydrogen-bond acceptors (Lipinski definition) is 12. The van der Waals surface area contributed by atoms with E-state index in [2.05, 4.69) is 20.6 Å². The maximum atomic E-state index is 11.8. The lowest BCUT2D eigenvalue weighted by Gasteiger charge is -2.26. The van der Waals surface area contributed by atoms with Gasteiger partial charge >= 0.3 is 0 Å². The predicted octanol–water partition coefficient (Wildman–Crippen LogP) is 0.985. The molecule has 152 valence electrons. The van der Waals surface area contributed by atoms with Gasteiger partial charge in [-0.1, -0.05) is 0 Å². The first-order chi connectivity index (χ1) is 14.4. The molecular weight excluding hydrogens is 394 g/mol. The molecule has 1 unspecified atom stereocenters. The number of fused-ring (bicyclic) bond motifs is 1. The Kier molecular flexibility index (Phi) is 5.12. The number of aliphatic imine (C=N–C) groups is 1. The van der Waals surface area contributed by atoms with Crippen molar-refractivity contribution in [3.8, 4) is 23.8 Å². The fourth-order valence-electron chi connectivity index (χ4n) is 3.07. The summed E-state index contributed by atoms with van der Waals surface area (Å²) in [6.45, 7) is 0. The van der Waals surface area contributed by atoms with Crippen molar-refractivity contribution < 1.29 is 14.4 Å². The van der Waals surface area contributed by atoms with Crippen LogP contribution >= 0.6 is 0 Å². The molecule has 1 aromatic carbocycles. The van der Waals surface area contributed by atoms with E-state index in [1.165, 1.54) is 26.4 Å². The summed E-state index contributed by atoms with van der Waals surface area (Å²) < 4.78 is 10.4. The first-order valence-corrected chi connectivity index (χ1v) is 8.25. The van der Waals surface area contributed by atoms with Crippen LogP contribution in [0.4, 0.5) is 23.0 Å².